The fourth-order valence-electron chi connectivity index (χ4n) is 3.32. The molecule has 1 aliphatic rings. The van der Waals surface area contributed by atoms with E-state index in [4.69, 9.17) is 9.15 Å². The van der Waals surface area contributed by atoms with Gasteiger partial charge in [0.2, 0.25) is 0 Å². The van der Waals surface area contributed by atoms with Crippen LogP contribution < -0.4 is 15.5 Å². The standard InChI is InChI=1S/C21H23N3O3/c25-21(22-14-16-5-6-20-17(13-16)7-10-27-20)23-15-18-3-1-2-4-19(18)24-8-11-26-12-9-24/h1-7,10,13H,8-9,11-12,14-15H2,(H2,22,23,25). The number of rotatable bonds is 5. The van der Waals surface area contributed by atoms with Crippen LogP contribution in [0.2, 0.25) is 0 Å². The zero-order valence-electron chi connectivity index (χ0n) is 15.1. The molecule has 1 aliphatic heterocycles. The van der Waals surface area contributed by atoms with Crippen LogP contribution in [-0.2, 0) is 17.8 Å². The fraction of sp³-hybridized carbons (Fsp3) is 0.286. The van der Waals surface area contributed by atoms with Crippen LogP contribution in [0.25, 0.3) is 11.0 Å². The highest BCUT2D eigenvalue weighted by molar-refractivity contribution is 5.78. The maximum atomic E-state index is 12.2. The predicted molar refractivity (Wildman–Crippen MR) is 105 cm³/mol. The van der Waals surface area contributed by atoms with Gasteiger partial charge in [-0.05, 0) is 35.4 Å². The summed E-state index contributed by atoms with van der Waals surface area (Å²) in [5.41, 5.74) is 4.15. The Kier molecular flexibility index (Phi) is 5.25. The Labute approximate surface area is 158 Å². The number of anilines is 1. The quantitative estimate of drug-likeness (QED) is 0.728. The number of benzene rings is 2. The van der Waals surface area contributed by atoms with Crippen molar-refractivity contribution in [3.8, 4) is 0 Å². The van der Waals surface area contributed by atoms with Gasteiger partial charge in [0.05, 0.1) is 19.5 Å². The maximum Gasteiger partial charge on any atom is 0.315 e. The zero-order valence-corrected chi connectivity index (χ0v) is 15.1. The van der Waals surface area contributed by atoms with Crippen LogP contribution in [0.15, 0.2) is 59.2 Å². The normalized spacial score (nSPS) is 14.3. The molecule has 27 heavy (non-hydrogen) atoms. The molecule has 0 aliphatic carbocycles. The van der Waals surface area contributed by atoms with E-state index in [0.717, 1.165) is 54.1 Å². The second-order valence-corrected chi connectivity index (χ2v) is 6.56. The Morgan fingerprint density at radius 3 is 2.70 bits per heavy atom. The average Bonchev–Trinajstić information content (AvgIpc) is 3.19. The van der Waals surface area contributed by atoms with Crippen molar-refractivity contribution in [3.05, 3.63) is 65.9 Å². The van der Waals surface area contributed by atoms with Crippen molar-refractivity contribution in [1.82, 2.24) is 10.6 Å². The lowest BCUT2D eigenvalue weighted by molar-refractivity contribution is 0.122. The minimum Gasteiger partial charge on any atom is -0.464 e. The first kappa shape index (κ1) is 17.4. The highest BCUT2D eigenvalue weighted by atomic mass is 16.5. The van der Waals surface area contributed by atoms with E-state index in [1.807, 2.05) is 36.4 Å². The van der Waals surface area contributed by atoms with Crippen molar-refractivity contribution in [2.45, 2.75) is 13.1 Å². The molecule has 4 rings (SSSR count). The first-order chi connectivity index (χ1) is 13.3. The number of furan rings is 1. The minimum atomic E-state index is -0.181. The molecule has 0 radical (unpaired) electrons. The molecule has 1 fully saturated rings. The topological polar surface area (TPSA) is 66.7 Å². The van der Waals surface area contributed by atoms with Crippen molar-refractivity contribution in [2.24, 2.45) is 0 Å². The second-order valence-electron chi connectivity index (χ2n) is 6.56. The molecule has 0 saturated carbocycles. The number of ether oxygens (including phenoxy) is 1. The van der Waals surface area contributed by atoms with Gasteiger partial charge in [0.15, 0.2) is 0 Å². The summed E-state index contributed by atoms with van der Waals surface area (Å²) in [5.74, 6) is 0. The fourth-order valence-corrected chi connectivity index (χ4v) is 3.32. The van der Waals surface area contributed by atoms with Crippen LogP contribution in [-0.4, -0.2) is 32.3 Å². The molecule has 2 amide bonds. The number of carbonyl (C=O) groups excluding carboxylic acids is 1. The Balaban J connectivity index is 1.32. The van der Waals surface area contributed by atoms with Gasteiger partial charge >= 0.3 is 6.03 Å². The lowest BCUT2D eigenvalue weighted by Gasteiger charge is -2.30. The largest absolute Gasteiger partial charge is 0.464 e. The summed E-state index contributed by atoms with van der Waals surface area (Å²) in [6, 6.07) is 15.8. The number of fused-ring (bicyclic) bond motifs is 1. The molecule has 6 heteroatoms. The van der Waals surface area contributed by atoms with Crippen LogP contribution in [0.5, 0.6) is 0 Å². The molecular formula is C21H23N3O3. The average molecular weight is 365 g/mol. The Bertz CT molecular complexity index is 916. The number of para-hydroxylation sites is 1. The molecular weight excluding hydrogens is 342 g/mol. The lowest BCUT2D eigenvalue weighted by Crippen LogP contribution is -2.38. The summed E-state index contributed by atoms with van der Waals surface area (Å²) < 4.78 is 10.8. The summed E-state index contributed by atoms with van der Waals surface area (Å²) >= 11 is 0. The molecule has 140 valence electrons. The van der Waals surface area contributed by atoms with Crippen LogP contribution in [0.1, 0.15) is 11.1 Å². The molecule has 1 aromatic heterocycles. The van der Waals surface area contributed by atoms with Gasteiger partial charge < -0.3 is 24.7 Å². The van der Waals surface area contributed by atoms with Gasteiger partial charge in [0.25, 0.3) is 0 Å². The third-order valence-electron chi connectivity index (χ3n) is 4.75. The van der Waals surface area contributed by atoms with E-state index in [-0.39, 0.29) is 6.03 Å². The highest BCUT2D eigenvalue weighted by Gasteiger charge is 2.14. The highest BCUT2D eigenvalue weighted by Crippen LogP contribution is 2.21. The summed E-state index contributed by atoms with van der Waals surface area (Å²) in [5, 5.41) is 6.90. The molecule has 3 aromatic rings. The SMILES string of the molecule is O=C(NCc1ccc2occc2c1)NCc1ccccc1N1CCOCC1. The monoisotopic (exact) mass is 365 g/mol. The van der Waals surface area contributed by atoms with E-state index in [9.17, 15) is 4.79 Å². The number of nitrogens with zero attached hydrogens (tertiary/aromatic N) is 1. The third-order valence-corrected chi connectivity index (χ3v) is 4.75. The minimum absolute atomic E-state index is 0.181. The molecule has 1 saturated heterocycles. The molecule has 2 heterocycles. The molecule has 0 spiro atoms. The van der Waals surface area contributed by atoms with Gasteiger partial charge in [-0.3, -0.25) is 0 Å². The van der Waals surface area contributed by atoms with E-state index < -0.39 is 0 Å². The van der Waals surface area contributed by atoms with E-state index >= 15 is 0 Å². The van der Waals surface area contributed by atoms with Crippen LogP contribution >= 0.6 is 0 Å². The maximum absolute atomic E-state index is 12.2. The van der Waals surface area contributed by atoms with E-state index in [2.05, 4.69) is 27.7 Å². The number of urea groups is 1. The number of nitrogens with one attached hydrogen (secondary N) is 2. The van der Waals surface area contributed by atoms with Crippen molar-refractivity contribution >= 4 is 22.7 Å². The van der Waals surface area contributed by atoms with Gasteiger partial charge in [-0.25, -0.2) is 4.79 Å². The second kappa shape index (κ2) is 8.14. The van der Waals surface area contributed by atoms with Crippen molar-refractivity contribution in [1.29, 1.82) is 0 Å². The molecule has 6 nitrogen and oxygen atoms in total. The van der Waals surface area contributed by atoms with E-state index in [1.54, 1.807) is 6.26 Å². The van der Waals surface area contributed by atoms with Crippen LogP contribution in [0.3, 0.4) is 0 Å². The molecule has 0 unspecified atom stereocenters. The number of hydrogen-bond donors (Lipinski definition) is 2. The first-order valence-electron chi connectivity index (χ1n) is 9.18. The van der Waals surface area contributed by atoms with E-state index in [0.29, 0.717) is 13.1 Å². The summed E-state index contributed by atoms with van der Waals surface area (Å²) in [7, 11) is 0. The van der Waals surface area contributed by atoms with Crippen LogP contribution in [0, 0.1) is 0 Å². The molecule has 2 aromatic carbocycles. The smallest absolute Gasteiger partial charge is 0.315 e. The van der Waals surface area contributed by atoms with Crippen molar-refractivity contribution in [2.75, 3.05) is 31.2 Å². The summed E-state index contributed by atoms with van der Waals surface area (Å²) in [6.45, 7) is 4.18. The Hall–Kier alpha value is -2.99. The number of amides is 2. The van der Waals surface area contributed by atoms with Gasteiger partial charge in [0.1, 0.15) is 5.58 Å². The molecule has 0 atom stereocenters. The van der Waals surface area contributed by atoms with Gasteiger partial charge in [-0.1, -0.05) is 24.3 Å². The zero-order chi connectivity index (χ0) is 18.5. The number of hydrogen-bond acceptors (Lipinski definition) is 4. The first-order valence-corrected chi connectivity index (χ1v) is 9.18. The van der Waals surface area contributed by atoms with Crippen LogP contribution in [0.4, 0.5) is 10.5 Å². The third kappa shape index (κ3) is 4.23. The van der Waals surface area contributed by atoms with Crippen molar-refractivity contribution in [3.63, 3.8) is 0 Å². The summed E-state index contributed by atoms with van der Waals surface area (Å²) in [6.07, 6.45) is 1.67. The number of carbonyl (C=O) groups is 1. The molecule has 2 N–H and O–H groups in total. The van der Waals surface area contributed by atoms with Gasteiger partial charge in [-0.15, -0.1) is 0 Å². The lowest BCUT2D eigenvalue weighted by atomic mass is 10.1. The summed E-state index contributed by atoms with van der Waals surface area (Å²) in [4.78, 5) is 14.5. The Morgan fingerprint density at radius 1 is 1.00 bits per heavy atom. The van der Waals surface area contributed by atoms with Crippen molar-refractivity contribution < 1.29 is 13.9 Å². The Morgan fingerprint density at radius 2 is 1.81 bits per heavy atom. The van der Waals surface area contributed by atoms with Gasteiger partial charge in [-0.2, -0.15) is 0 Å². The molecule has 0 bridgehead atoms. The van der Waals surface area contributed by atoms with Gasteiger partial charge in [0, 0.05) is 37.3 Å². The number of morpholine rings is 1. The predicted octanol–water partition coefficient (Wildman–Crippen LogP) is 3.27. The van der Waals surface area contributed by atoms with E-state index in [1.165, 1.54) is 0 Å².